The van der Waals surface area contributed by atoms with Crippen molar-refractivity contribution >= 4 is 28.7 Å². The van der Waals surface area contributed by atoms with Crippen LogP contribution in [0.15, 0.2) is 30.6 Å². The number of urea groups is 1. The number of fused-ring (bicyclic) bond motifs is 1. The Morgan fingerprint density at radius 3 is 2.55 bits per heavy atom. The molecule has 7 heteroatoms. The second kappa shape index (κ2) is 6.84. The van der Waals surface area contributed by atoms with Gasteiger partial charge in [0.15, 0.2) is 0 Å². The van der Waals surface area contributed by atoms with Crippen molar-refractivity contribution in [2.45, 2.75) is 26.3 Å². The van der Waals surface area contributed by atoms with Gasteiger partial charge in [-0.2, -0.15) is 0 Å². The minimum absolute atomic E-state index is 0.161. The van der Waals surface area contributed by atoms with Crippen LogP contribution in [0.1, 0.15) is 20.3 Å². The molecule has 0 fully saturated rings. The van der Waals surface area contributed by atoms with E-state index in [4.69, 9.17) is 0 Å². The summed E-state index contributed by atoms with van der Waals surface area (Å²) >= 11 is 0. The Morgan fingerprint density at radius 2 is 1.91 bits per heavy atom. The molecule has 3 N–H and O–H groups in total. The maximum Gasteiger partial charge on any atom is 0.326 e. The Kier molecular flexibility index (Phi) is 4.88. The average Bonchev–Trinajstić information content (AvgIpc) is 2.51. The Labute approximate surface area is 127 Å². The number of hydrogen-bond donors (Lipinski definition) is 3. The molecular weight excluding hydrogens is 284 g/mol. The fraction of sp³-hybridized carbons (Fsp3) is 0.333. The minimum atomic E-state index is -1.05. The van der Waals surface area contributed by atoms with Crippen LogP contribution in [0.5, 0.6) is 0 Å². The van der Waals surface area contributed by atoms with Crippen LogP contribution in [-0.2, 0) is 4.79 Å². The molecule has 0 saturated heterocycles. The van der Waals surface area contributed by atoms with E-state index in [1.54, 1.807) is 37.5 Å². The van der Waals surface area contributed by atoms with Gasteiger partial charge in [-0.15, -0.1) is 0 Å². The number of carboxylic acid groups (broad SMARTS) is 1. The lowest BCUT2D eigenvalue weighted by Crippen LogP contribution is -2.46. The monoisotopic (exact) mass is 302 g/mol. The number of rotatable bonds is 5. The summed E-state index contributed by atoms with van der Waals surface area (Å²) in [5.74, 6) is -1.21. The zero-order chi connectivity index (χ0) is 16.1. The molecule has 0 aliphatic carbocycles. The number of carbonyl (C=O) groups excluding carboxylic acids is 1. The molecule has 0 aliphatic heterocycles. The zero-order valence-corrected chi connectivity index (χ0v) is 12.4. The van der Waals surface area contributed by atoms with Gasteiger partial charge in [-0.05, 0) is 24.1 Å². The highest BCUT2D eigenvalue weighted by atomic mass is 16.4. The first kappa shape index (κ1) is 15.7. The van der Waals surface area contributed by atoms with Crippen LogP contribution in [0.4, 0.5) is 10.5 Å². The lowest BCUT2D eigenvalue weighted by Gasteiger charge is -2.20. The number of amides is 2. The summed E-state index contributed by atoms with van der Waals surface area (Å²) in [6.45, 7) is 3.66. The molecular formula is C15H18N4O3. The third-order valence-electron chi connectivity index (χ3n) is 3.49. The normalized spacial score (nSPS) is 13.4. The Bertz CT molecular complexity index is 689. The third-order valence-corrected chi connectivity index (χ3v) is 3.49. The van der Waals surface area contributed by atoms with Crippen molar-refractivity contribution in [3.8, 4) is 0 Å². The van der Waals surface area contributed by atoms with Gasteiger partial charge in [-0.25, -0.2) is 9.59 Å². The fourth-order valence-electron chi connectivity index (χ4n) is 2.03. The second-order valence-electron chi connectivity index (χ2n) is 5.06. The van der Waals surface area contributed by atoms with Crippen LogP contribution in [0, 0.1) is 5.92 Å². The van der Waals surface area contributed by atoms with E-state index in [-0.39, 0.29) is 5.92 Å². The van der Waals surface area contributed by atoms with E-state index in [0.717, 1.165) is 5.52 Å². The van der Waals surface area contributed by atoms with Gasteiger partial charge in [0.1, 0.15) is 6.04 Å². The number of anilines is 1. The van der Waals surface area contributed by atoms with Crippen LogP contribution in [-0.4, -0.2) is 33.1 Å². The molecule has 1 heterocycles. The number of nitrogens with zero attached hydrogens (tertiary/aromatic N) is 2. The first-order valence-corrected chi connectivity index (χ1v) is 7.02. The van der Waals surface area contributed by atoms with Crippen molar-refractivity contribution in [3.05, 3.63) is 30.6 Å². The fourth-order valence-corrected chi connectivity index (χ4v) is 2.03. The van der Waals surface area contributed by atoms with Crippen LogP contribution >= 0.6 is 0 Å². The van der Waals surface area contributed by atoms with E-state index < -0.39 is 18.0 Å². The highest BCUT2D eigenvalue weighted by Crippen LogP contribution is 2.15. The first-order valence-electron chi connectivity index (χ1n) is 7.02. The number of carbonyl (C=O) groups is 2. The maximum atomic E-state index is 12.0. The smallest absolute Gasteiger partial charge is 0.326 e. The van der Waals surface area contributed by atoms with Gasteiger partial charge in [-0.3, -0.25) is 9.97 Å². The zero-order valence-electron chi connectivity index (χ0n) is 12.4. The van der Waals surface area contributed by atoms with E-state index in [0.29, 0.717) is 17.6 Å². The molecule has 2 atom stereocenters. The second-order valence-corrected chi connectivity index (χ2v) is 5.06. The largest absolute Gasteiger partial charge is 0.480 e. The Balaban J connectivity index is 2.08. The topological polar surface area (TPSA) is 104 Å². The van der Waals surface area contributed by atoms with Crippen molar-refractivity contribution in [3.63, 3.8) is 0 Å². The summed E-state index contributed by atoms with van der Waals surface area (Å²) in [6.07, 6.45) is 3.81. The van der Waals surface area contributed by atoms with E-state index >= 15 is 0 Å². The van der Waals surface area contributed by atoms with Crippen LogP contribution in [0.2, 0.25) is 0 Å². The van der Waals surface area contributed by atoms with Crippen molar-refractivity contribution in [2.24, 2.45) is 5.92 Å². The molecule has 1 aromatic heterocycles. The van der Waals surface area contributed by atoms with E-state index in [9.17, 15) is 14.7 Å². The lowest BCUT2D eigenvalue weighted by molar-refractivity contribution is -0.140. The Morgan fingerprint density at radius 1 is 1.23 bits per heavy atom. The van der Waals surface area contributed by atoms with E-state index in [1.807, 2.05) is 6.92 Å². The number of benzene rings is 1. The molecule has 0 spiro atoms. The van der Waals surface area contributed by atoms with Crippen molar-refractivity contribution in [1.82, 2.24) is 15.3 Å². The standard InChI is InChI=1S/C15H18N4O3/c1-3-9(2)13(14(20)21)19-15(22)18-10-4-5-11-12(8-10)17-7-6-16-11/h4-9,13H,3H2,1-2H3,(H,20,21)(H2,18,19,22). The van der Waals surface area contributed by atoms with Crippen molar-refractivity contribution < 1.29 is 14.7 Å². The summed E-state index contributed by atoms with van der Waals surface area (Å²) in [5.41, 5.74) is 1.90. The van der Waals surface area contributed by atoms with Crippen LogP contribution in [0.3, 0.4) is 0 Å². The van der Waals surface area contributed by atoms with Gasteiger partial charge in [-0.1, -0.05) is 20.3 Å². The highest BCUT2D eigenvalue weighted by Gasteiger charge is 2.25. The quantitative estimate of drug-likeness (QED) is 0.785. The molecule has 22 heavy (non-hydrogen) atoms. The maximum absolute atomic E-state index is 12.0. The lowest BCUT2D eigenvalue weighted by atomic mass is 9.99. The van der Waals surface area contributed by atoms with Gasteiger partial charge < -0.3 is 15.7 Å². The SMILES string of the molecule is CCC(C)C(NC(=O)Nc1ccc2nccnc2c1)C(=O)O. The molecule has 1 aromatic carbocycles. The highest BCUT2D eigenvalue weighted by molar-refractivity contribution is 5.94. The number of carboxylic acids is 1. The van der Waals surface area contributed by atoms with E-state index in [2.05, 4.69) is 20.6 Å². The third kappa shape index (κ3) is 3.69. The summed E-state index contributed by atoms with van der Waals surface area (Å²) in [6, 6.07) is 3.62. The molecule has 0 radical (unpaired) electrons. The number of aliphatic carboxylic acids is 1. The molecule has 2 amide bonds. The van der Waals surface area contributed by atoms with Gasteiger partial charge in [0.25, 0.3) is 0 Å². The summed E-state index contributed by atoms with van der Waals surface area (Å²) in [5, 5.41) is 14.3. The molecule has 0 aliphatic rings. The minimum Gasteiger partial charge on any atom is -0.480 e. The summed E-state index contributed by atoms with van der Waals surface area (Å²) in [4.78, 5) is 31.5. The molecule has 2 aromatic rings. The predicted octanol–water partition coefficient (Wildman–Crippen LogP) is 2.25. The van der Waals surface area contributed by atoms with Gasteiger partial charge >= 0.3 is 12.0 Å². The van der Waals surface area contributed by atoms with E-state index in [1.165, 1.54) is 0 Å². The number of nitrogens with one attached hydrogen (secondary N) is 2. The first-order chi connectivity index (χ1) is 10.5. The molecule has 0 saturated carbocycles. The number of aromatic nitrogens is 2. The molecule has 7 nitrogen and oxygen atoms in total. The van der Waals surface area contributed by atoms with Gasteiger partial charge in [0.2, 0.25) is 0 Å². The van der Waals surface area contributed by atoms with Crippen molar-refractivity contribution in [2.75, 3.05) is 5.32 Å². The van der Waals surface area contributed by atoms with Crippen LogP contribution in [0.25, 0.3) is 11.0 Å². The molecule has 2 rings (SSSR count). The molecule has 2 unspecified atom stereocenters. The summed E-state index contributed by atoms with van der Waals surface area (Å²) in [7, 11) is 0. The average molecular weight is 302 g/mol. The Hall–Kier alpha value is -2.70. The van der Waals surface area contributed by atoms with Gasteiger partial charge in [0.05, 0.1) is 11.0 Å². The summed E-state index contributed by atoms with van der Waals surface area (Å²) < 4.78 is 0. The van der Waals surface area contributed by atoms with Crippen molar-refractivity contribution in [1.29, 1.82) is 0 Å². The molecule has 116 valence electrons. The molecule has 0 bridgehead atoms. The van der Waals surface area contributed by atoms with Crippen LogP contribution < -0.4 is 10.6 Å². The number of hydrogen-bond acceptors (Lipinski definition) is 4. The van der Waals surface area contributed by atoms with Gasteiger partial charge in [0, 0.05) is 18.1 Å². The predicted molar refractivity (Wildman–Crippen MR) is 82.6 cm³/mol.